The van der Waals surface area contributed by atoms with Gasteiger partial charge in [0, 0.05) is 6.54 Å². The maximum absolute atomic E-state index is 10.7. The van der Waals surface area contributed by atoms with E-state index in [4.69, 9.17) is 0 Å². The van der Waals surface area contributed by atoms with Gasteiger partial charge in [0.05, 0.1) is 13.5 Å². The Morgan fingerprint density at radius 1 is 1.38 bits per heavy atom. The second kappa shape index (κ2) is 8.05. The molecule has 0 fully saturated rings. The van der Waals surface area contributed by atoms with E-state index in [9.17, 15) is 4.79 Å². The molecule has 0 amide bonds. The minimum atomic E-state index is -0.142. The highest BCUT2D eigenvalue weighted by molar-refractivity contribution is 5.69. The van der Waals surface area contributed by atoms with Crippen molar-refractivity contribution < 1.29 is 9.53 Å². The predicted octanol–water partition coefficient (Wildman–Crippen LogP) is 1.58. The molecular weight excluding hydrogens is 166 g/mol. The summed E-state index contributed by atoms with van der Waals surface area (Å²) in [5, 5.41) is 3.25. The minimum absolute atomic E-state index is 0.142. The Bertz CT molecular complexity index is 133. The van der Waals surface area contributed by atoms with Gasteiger partial charge in [-0.15, -0.1) is 0 Å². The molecule has 78 valence electrons. The van der Waals surface area contributed by atoms with Crippen molar-refractivity contribution in [2.24, 2.45) is 5.92 Å². The van der Waals surface area contributed by atoms with Crippen LogP contribution in [0, 0.1) is 5.92 Å². The normalized spacial score (nSPS) is 10.5. The van der Waals surface area contributed by atoms with Crippen LogP contribution >= 0.6 is 0 Å². The lowest BCUT2D eigenvalue weighted by Gasteiger charge is -2.12. The highest BCUT2D eigenvalue weighted by atomic mass is 16.5. The largest absolute Gasteiger partial charge is 0.469 e. The summed E-state index contributed by atoms with van der Waals surface area (Å²) in [7, 11) is 1.42. The zero-order valence-corrected chi connectivity index (χ0v) is 8.93. The maximum atomic E-state index is 10.7. The summed E-state index contributed by atoms with van der Waals surface area (Å²) in [4.78, 5) is 10.7. The van der Waals surface area contributed by atoms with E-state index in [1.165, 1.54) is 20.0 Å². The van der Waals surface area contributed by atoms with Crippen LogP contribution in [0.4, 0.5) is 0 Å². The molecule has 0 aliphatic rings. The predicted molar refractivity (Wildman–Crippen MR) is 53.6 cm³/mol. The molecule has 0 bridgehead atoms. The monoisotopic (exact) mass is 187 g/mol. The van der Waals surface area contributed by atoms with Crippen LogP contribution in [0.2, 0.25) is 0 Å². The van der Waals surface area contributed by atoms with Crippen LogP contribution in [0.3, 0.4) is 0 Å². The van der Waals surface area contributed by atoms with E-state index < -0.39 is 0 Å². The van der Waals surface area contributed by atoms with Gasteiger partial charge in [0.25, 0.3) is 0 Å². The van der Waals surface area contributed by atoms with Crippen LogP contribution in [-0.4, -0.2) is 26.2 Å². The summed E-state index contributed by atoms with van der Waals surface area (Å²) >= 11 is 0. The fraction of sp³-hybridized carbons (Fsp3) is 0.900. The Labute approximate surface area is 80.8 Å². The number of carbonyl (C=O) groups excluding carboxylic acids is 1. The van der Waals surface area contributed by atoms with Crippen LogP contribution in [-0.2, 0) is 9.53 Å². The molecule has 0 aromatic carbocycles. The van der Waals surface area contributed by atoms with Crippen molar-refractivity contribution in [2.75, 3.05) is 20.2 Å². The second-order valence-electron chi connectivity index (χ2n) is 3.21. The van der Waals surface area contributed by atoms with Crippen molar-refractivity contribution in [1.29, 1.82) is 0 Å². The smallest absolute Gasteiger partial charge is 0.306 e. The van der Waals surface area contributed by atoms with Gasteiger partial charge in [-0.25, -0.2) is 0 Å². The van der Waals surface area contributed by atoms with E-state index in [2.05, 4.69) is 23.9 Å². The van der Waals surface area contributed by atoms with E-state index in [0.29, 0.717) is 6.42 Å². The number of rotatable bonds is 7. The van der Waals surface area contributed by atoms with Gasteiger partial charge in [0.1, 0.15) is 0 Å². The molecule has 0 atom stereocenters. The van der Waals surface area contributed by atoms with Gasteiger partial charge >= 0.3 is 5.97 Å². The molecule has 0 spiro atoms. The van der Waals surface area contributed by atoms with Crippen molar-refractivity contribution in [3.63, 3.8) is 0 Å². The molecule has 1 N–H and O–H groups in total. The molecule has 0 heterocycles. The van der Waals surface area contributed by atoms with Crippen LogP contribution in [0.15, 0.2) is 0 Å². The lowest BCUT2D eigenvalue weighted by Crippen LogP contribution is -2.25. The topological polar surface area (TPSA) is 38.3 Å². The van der Waals surface area contributed by atoms with Gasteiger partial charge in [-0.3, -0.25) is 4.79 Å². The first-order chi connectivity index (χ1) is 6.24. The number of nitrogens with one attached hydrogen (secondary N) is 1. The Morgan fingerprint density at radius 3 is 2.46 bits per heavy atom. The number of ether oxygens (including phenoxy) is 1. The van der Waals surface area contributed by atoms with Crippen LogP contribution in [0.25, 0.3) is 0 Å². The number of methoxy groups -OCH3 is 1. The Morgan fingerprint density at radius 2 is 2.00 bits per heavy atom. The van der Waals surface area contributed by atoms with E-state index in [0.717, 1.165) is 19.0 Å². The van der Waals surface area contributed by atoms with Crippen molar-refractivity contribution in [1.82, 2.24) is 5.32 Å². The highest BCUT2D eigenvalue weighted by Gasteiger charge is 2.03. The molecule has 3 heteroatoms. The Hall–Kier alpha value is -0.570. The molecule has 0 saturated heterocycles. The summed E-state index contributed by atoms with van der Waals surface area (Å²) < 4.78 is 4.53. The number of hydrogen-bond donors (Lipinski definition) is 1. The summed E-state index contributed by atoms with van der Waals surface area (Å²) in [6.07, 6.45) is 2.86. The third-order valence-electron chi connectivity index (χ3n) is 2.32. The first-order valence-corrected chi connectivity index (χ1v) is 5.02. The Kier molecular flexibility index (Phi) is 7.69. The van der Waals surface area contributed by atoms with E-state index in [-0.39, 0.29) is 5.97 Å². The molecule has 0 aromatic rings. The average molecular weight is 187 g/mol. The quantitative estimate of drug-likeness (QED) is 0.485. The van der Waals surface area contributed by atoms with E-state index in [1.807, 2.05) is 0 Å². The van der Waals surface area contributed by atoms with Gasteiger partial charge in [-0.2, -0.15) is 0 Å². The minimum Gasteiger partial charge on any atom is -0.469 e. The molecule has 0 unspecified atom stereocenters. The van der Waals surface area contributed by atoms with Crippen molar-refractivity contribution in [3.8, 4) is 0 Å². The standard InChI is InChI=1S/C10H21NO2/c1-4-9(5-2)8-11-7-6-10(12)13-3/h9,11H,4-8H2,1-3H3. The van der Waals surface area contributed by atoms with Gasteiger partial charge in [-0.05, 0) is 12.5 Å². The summed E-state index contributed by atoms with van der Waals surface area (Å²) in [6.45, 7) is 6.11. The van der Waals surface area contributed by atoms with Crippen LogP contribution in [0.5, 0.6) is 0 Å². The molecule has 0 radical (unpaired) electrons. The van der Waals surface area contributed by atoms with Crippen molar-refractivity contribution in [3.05, 3.63) is 0 Å². The zero-order chi connectivity index (χ0) is 10.1. The molecule has 0 aliphatic heterocycles. The molecule has 0 rings (SSSR count). The lowest BCUT2D eigenvalue weighted by molar-refractivity contribution is -0.140. The van der Waals surface area contributed by atoms with Gasteiger partial charge < -0.3 is 10.1 Å². The number of hydrogen-bond acceptors (Lipinski definition) is 3. The first-order valence-electron chi connectivity index (χ1n) is 5.02. The van der Waals surface area contributed by atoms with Crippen LogP contribution < -0.4 is 5.32 Å². The average Bonchev–Trinajstić information content (AvgIpc) is 2.18. The van der Waals surface area contributed by atoms with Gasteiger partial charge in [0.2, 0.25) is 0 Å². The Balaban J connectivity index is 3.28. The second-order valence-corrected chi connectivity index (χ2v) is 3.21. The summed E-state index contributed by atoms with van der Waals surface area (Å²) in [5.74, 6) is 0.592. The SMILES string of the molecule is CCC(CC)CNCCC(=O)OC. The third kappa shape index (κ3) is 6.58. The molecule has 0 saturated carbocycles. The van der Waals surface area contributed by atoms with Crippen molar-refractivity contribution >= 4 is 5.97 Å². The van der Waals surface area contributed by atoms with Crippen molar-refractivity contribution in [2.45, 2.75) is 33.1 Å². The lowest BCUT2D eigenvalue weighted by atomic mass is 10.0. The van der Waals surface area contributed by atoms with Gasteiger partial charge in [-0.1, -0.05) is 26.7 Å². The summed E-state index contributed by atoms with van der Waals surface area (Å²) in [6, 6.07) is 0. The van der Waals surface area contributed by atoms with E-state index >= 15 is 0 Å². The fourth-order valence-corrected chi connectivity index (χ4v) is 1.18. The maximum Gasteiger partial charge on any atom is 0.306 e. The van der Waals surface area contributed by atoms with E-state index in [1.54, 1.807) is 0 Å². The first kappa shape index (κ1) is 12.4. The molecule has 0 aromatic heterocycles. The number of carbonyl (C=O) groups is 1. The molecule has 13 heavy (non-hydrogen) atoms. The zero-order valence-electron chi connectivity index (χ0n) is 8.93. The molecule has 0 aliphatic carbocycles. The molecule has 3 nitrogen and oxygen atoms in total. The third-order valence-corrected chi connectivity index (χ3v) is 2.32. The fourth-order valence-electron chi connectivity index (χ4n) is 1.18. The highest BCUT2D eigenvalue weighted by Crippen LogP contribution is 2.04. The molecular formula is C10H21NO2. The number of esters is 1. The van der Waals surface area contributed by atoms with Gasteiger partial charge in [0.15, 0.2) is 0 Å². The van der Waals surface area contributed by atoms with Crippen LogP contribution in [0.1, 0.15) is 33.1 Å². The summed E-state index contributed by atoms with van der Waals surface area (Å²) in [5.41, 5.74) is 0.